The third-order valence-corrected chi connectivity index (χ3v) is 11.0. The highest BCUT2D eigenvalue weighted by atomic mass is 28.4. The number of hydrogen-bond donors (Lipinski definition) is 1. The first kappa shape index (κ1) is 26.9. The maximum Gasteiger partial charge on any atom is 0.410 e. The maximum absolute atomic E-state index is 13.0. The number of rotatable bonds is 6. The van der Waals surface area contributed by atoms with E-state index in [1.54, 1.807) is 11.8 Å². The molecule has 0 radical (unpaired) electrons. The van der Waals surface area contributed by atoms with E-state index < -0.39 is 37.7 Å². The largest absolute Gasteiger partial charge is 0.444 e. The molecule has 0 aromatic carbocycles. The van der Waals surface area contributed by atoms with E-state index in [9.17, 15) is 14.7 Å². The van der Waals surface area contributed by atoms with Crippen LogP contribution in [-0.4, -0.2) is 61.5 Å². The zero-order valence-electron chi connectivity index (χ0n) is 20.6. The third-order valence-electron chi connectivity index (χ3n) is 6.40. The van der Waals surface area contributed by atoms with Crippen molar-refractivity contribution >= 4 is 20.4 Å². The molecule has 1 fully saturated rings. The average Bonchev–Trinajstić information content (AvgIpc) is 2.58. The molecule has 176 valence electrons. The zero-order chi connectivity index (χ0) is 23.5. The van der Waals surface area contributed by atoms with Gasteiger partial charge < -0.3 is 23.9 Å². The van der Waals surface area contributed by atoms with Crippen molar-refractivity contribution in [3.8, 4) is 0 Å². The number of likely N-dealkylation sites (tertiary alicyclic amines) is 1. The number of aliphatic hydroxyl groups excluding tert-OH is 1. The quantitative estimate of drug-likeness (QED) is 0.363. The van der Waals surface area contributed by atoms with Crippen LogP contribution in [0.25, 0.3) is 0 Å². The molecule has 2 atom stereocenters. The fourth-order valence-corrected chi connectivity index (χ4v) is 4.58. The van der Waals surface area contributed by atoms with Crippen LogP contribution in [-0.2, 0) is 18.7 Å². The minimum absolute atomic E-state index is 0.00980. The SMILES string of the molecule is CCC1(C(=O)OC(O)[C@@H](C)O[Si](C)(C)C(C)(C)C)CCN(C(=O)OC(C)(C)C)CC1. The highest BCUT2D eigenvalue weighted by Gasteiger charge is 2.45. The Hall–Kier alpha value is -1.12. The molecule has 1 rings (SSSR count). The van der Waals surface area contributed by atoms with Gasteiger partial charge in [-0.05, 0) is 65.1 Å². The number of piperidine rings is 1. The molecule has 7 nitrogen and oxygen atoms in total. The van der Waals surface area contributed by atoms with E-state index in [1.165, 1.54) is 0 Å². The van der Waals surface area contributed by atoms with Crippen LogP contribution in [0.1, 0.15) is 74.7 Å². The van der Waals surface area contributed by atoms with Crippen LogP contribution in [0, 0.1) is 5.41 Å². The minimum Gasteiger partial charge on any atom is -0.444 e. The van der Waals surface area contributed by atoms with Gasteiger partial charge in [-0.1, -0.05) is 27.7 Å². The summed E-state index contributed by atoms with van der Waals surface area (Å²) < 4.78 is 17.0. The second-order valence-electron chi connectivity index (χ2n) is 11.0. The first-order chi connectivity index (χ1) is 13.4. The number of esters is 1. The number of aliphatic hydroxyl groups is 1. The molecule has 0 saturated carbocycles. The number of hydrogen-bond acceptors (Lipinski definition) is 6. The lowest BCUT2D eigenvalue weighted by atomic mass is 9.76. The van der Waals surface area contributed by atoms with Gasteiger partial charge >= 0.3 is 12.1 Å². The Bertz CT molecular complexity index is 600. The molecule has 1 aliphatic rings. The van der Waals surface area contributed by atoms with Crippen molar-refractivity contribution in [2.75, 3.05) is 13.1 Å². The zero-order valence-corrected chi connectivity index (χ0v) is 21.6. The van der Waals surface area contributed by atoms with Crippen LogP contribution in [0.15, 0.2) is 0 Å². The van der Waals surface area contributed by atoms with Gasteiger partial charge in [-0.2, -0.15) is 0 Å². The number of carbonyl (C=O) groups is 2. The lowest BCUT2D eigenvalue weighted by Gasteiger charge is -2.41. The first-order valence-electron chi connectivity index (χ1n) is 11.0. The van der Waals surface area contributed by atoms with E-state index in [2.05, 4.69) is 33.9 Å². The summed E-state index contributed by atoms with van der Waals surface area (Å²) in [6, 6.07) is 0. The highest BCUT2D eigenvalue weighted by Crippen LogP contribution is 2.39. The summed E-state index contributed by atoms with van der Waals surface area (Å²) >= 11 is 0. The Balaban J connectivity index is 2.72. The van der Waals surface area contributed by atoms with Crippen molar-refractivity contribution in [1.82, 2.24) is 4.90 Å². The molecule has 0 aromatic heterocycles. The van der Waals surface area contributed by atoms with Crippen molar-refractivity contribution < 1.29 is 28.6 Å². The normalized spacial score (nSPS) is 19.8. The van der Waals surface area contributed by atoms with Crippen molar-refractivity contribution in [2.45, 2.75) is 111 Å². The van der Waals surface area contributed by atoms with Crippen LogP contribution in [0.4, 0.5) is 4.79 Å². The van der Waals surface area contributed by atoms with Crippen molar-refractivity contribution in [3.63, 3.8) is 0 Å². The van der Waals surface area contributed by atoms with Crippen LogP contribution in [0.3, 0.4) is 0 Å². The van der Waals surface area contributed by atoms with Gasteiger partial charge in [-0.3, -0.25) is 4.79 Å². The molecule has 1 heterocycles. The van der Waals surface area contributed by atoms with Gasteiger partial charge in [0.05, 0.1) is 5.41 Å². The molecule has 0 aromatic rings. The summed E-state index contributed by atoms with van der Waals surface area (Å²) in [7, 11) is -2.10. The molecule has 1 saturated heterocycles. The van der Waals surface area contributed by atoms with Gasteiger partial charge in [0.1, 0.15) is 11.7 Å². The summed E-state index contributed by atoms with van der Waals surface area (Å²) in [5.74, 6) is -0.424. The molecule has 30 heavy (non-hydrogen) atoms. The van der Waals surface area contributed by atoms with E-state index >= 15 is 0 Å². The van der Waals surface area contributed by atoms with Crippen molar-refractivity contribution in [3.05, 3.63) is 0 Å². The van der Waals surface area contributed by atoms with E-state index in [0.29, 0.717) is 32.4 Å². The standard InChI is InChI=1S/C22H43NO6Si/c1-11-22(12-14-23(15-13-22)19(26)28-20(3,4)5)18(25)27-17(24)16(2)29-30(9,10)21(6,7)8/h16-17,24H,11-15H2,1-10H3/t16-,17?/m1/s1. The molecule has 8 heteroatoms. The second kappa shape index (κ2) is 9.57. The fourth-order valence-electron chi connectivity index (χ4n) is 3.18. The maximum atomic E-state index is 13.0. The topological polar surface area (TPSA) is 85.3 Å². The highest BCUT2D eigenvalue weighted by molar-refractivity contribution is 6.74. The van der Waals surface area contributed by atoms with Gasteiger partial charge in [-0.15, -0.1) is 0 Å². The van der Waals surface area contributed by atoms with E-state index in [0.717, 1.165) is 0 Å². The van der Waals surface area contributed by atoms with Crippen molar-refractivity contribution in [1.29, 1.82) is 0 Å². The van der Waals surface area contributed by atoms with Crippen LogP contribution < -0.4 is 0 Å². The fraction of sp³-hybridized carbons (Fsp3) is 0.909. The smallest absolute Gasteiger partial charge is 0.410 e. The number of carbonyl (C=O) groups excluding carboxylic acids is 2. The molecule has 0 aliphatic carbocycles. The predicted molar refractivity (Wildman–Crippen MR) is 120 cm³/mol. The van der Waals surface area contributed by atoms with Crippen molar-refractivity contribution in [2.24, 2.45) is 5.41 Å². The lowest BCUT2D eigenvalue weighted by molar-refractivity contribution is -0.196. The Morgan fingerprint density at radius 2 is 1.60 bits per heavy atom. The molecule has 1 unspecified atom stereocenters. The summed E-state index contributed by atoms with van der Waals surface area (Å²) in [5, 5.41) is 10.5. The van der Waals surface area contributed by atoms with Gasteiger partial charge in [0.15, 0.2) is 8.32 Å². The predicted octanol–water partition coefficient (Wildman–Crippen LogP) is 4.69. The number of nitrogens with zero attached hydrogens (tertiary/aromatic N) is 1. The Morgan fingerprint density at radius 1 is 1.10 bits per heavy atom. The van der Waals surface area contributed by atoms with E-state index in [1.807, 2.05) is 27.7 Å². The van der Waals surface area contributed by atoms with E-state index in [4.69, 9.17) is 13.9 Å². The summed E-state index contributed by atoms with van der Waals surface area (Å²) in [6.45, 7) is 20.6. The molecule has 1 aliphatic heterocycles. The minimum atomic E-state index is -2.10. The summed E-state index contributed by atoms with van der Waals surface area (Å²) in [6.07, 6.45) is -0.753. The Morgan fingerprint density at radius 3 is 2.00 bits per heavy atom. The van der Waals surface area contributed by atoms with E-state index in [-0.39, 0.29) is 11.1 Å². The number of amides is 1. The van der Waals surface area contributed by atoms with Crippen LogP contribution in [0.2, 0.25) is 18.1 Å². The molecule has 0 spiro atoms. The van der Waals surface area contributed by atoms with Crippen LogP contribution >= 0.6 is 0 Å². The van der Waals surface area contributed by atoms with Gasteiger partial charge in [0.25, 0.3) is 0 Å². The van der Waals surface area contributed by atoms with Gasteiger partial charge in [-0.25, -0.2) is 4.79 Å². The van der Waals surface area contributed by atoms with Crippen LogP contribution in [0.5, 0.6) is 0 Å². The molecule has 1 amide bonds. The Kier molecular flexibility index (Phi) is 8.58. The summed E-state index contributed by atoms with van der Waals surface area (Å²) in [5.41, 5.74) is -1.27. The summed E-state index contributed by atoms with van der Waals surface area (Å²) in [4.78, 5) is 26.9. The van der Waals surface area contributed by atoms with Gasteiger partial charge in [0.2, 0.25) is 6.29 Å². The Labute approximate surface area is 183 Å². The molecular weight excluding hydrogens is 402 g/mol. The van der Waals surface area contributed by atoms with Gasteiger partial charge in [0, 0.05) is 13.1 Å². The lowest BCUT2D eigenvalue weighted by Crippen LogP contribution is -2.50. The first-order valence-corrected chi connectivity index (χ1v) is 13.9. The third kappa shape index (κ3) is 6.95. The average molecular weight is 446 g/mol. The second-order valence-corrected chi connectivity index (χ2v) is 15.7. The monoisotopic (exact) mass is 445 g/mol. The molecule has 1 N–H and O–H groups in total. The molecular formula is C22H43NO6Si. The molecule has 0 bridgehead atoms. The number of ether oxygens (including phenoxy) is 2.